The van der Waals surface area contributed by atoms with E-state index in [1.807, 2.05) is 30.3 Å². The first-order chi connectivity index (χ1) is 15.8. The van der Waals surface area contributed by atoms with Gasteiger partial charge in [-0.3, -0.25) is 4.79 Å². The van der Waals surface area contributed by atoms with Gasteiger partial charge in [0.15, 0.2) is 17.3 Å². The van der Waals surface area contributed by atoms with Crippen molar-refractivity contribution in [2.24, 2.45) is 0 Å². The Kier molecular flexibility index (Phi) is 7.20. The fourth-order valence-electron chi connectivity index (χ4n) is 3.25. The summed E-state index contributed by atoms with van der Waals surface area (Å²) < 4.78 is 10.7. The highest BCUT2D eigenvalue weighted by molar-refractivity contribution is 6.02. The van der Waals surface area contributed by atoms with Gasteiger partial charge < -0.3 is 29.9 Å². The predicted octanol–water partition coefficient (Wildman–Crippen LogP) is 4.30. The second-order valence-corrected chi connectivity index (χ2v) is 7.09. The van der Waals surface area contributed by atoms with E-state index in [1.165, 1.54) is 19.2 Å². The van der Waals surface area contributed by atoms with E-state index in [2.05, 4.69) is 0 Å². The van der Waals surface area contributed by atoms with Crippen molar-refractivity contribution in [3.8, 4) is 28.7 Å². The highest BCUT2D eigenvalue weighted by Gasteiger charge is 2.31. The summed E-state index contributed by atoms with van der Waals surface area (Å²) in [6, 6.07) is 16.4. The normalized spacial score (nSPS) is 14.6. The zero-order valence-corrected chi connectivity index (χ0v) is 17.6. The van der Waals surface area contributed by atoms with E-state index < -0.39 is 12.1 Å². The van der Waals surface area contributed by atoms with Gasteiger partial charge in [0.2, 0.25) is 0 Å². The van der Waals surface area contributed by atoms with Crippen LogP contribution in [0.2, 0.25) is 0 Å². The Balaban J connectivity index is 0.000000235. The summed E-state index contributed by atoms with van der Waals surface area (Å²) in [5.41, 5.74) is 1.56. The van der Waals surface area contributed by atoms with Crippen molar-refractivity contribution in [1.29, 1.82) is 0 Å². The van der Waals surface area contributed by atoms with Gasteiger partial charge in [-0.1, -0.05) is 36.4 Å². The van der Waals surface area contributed by atoms with Crippen molar-refractivity contribution in [2.45, 2.75) is 12.5 Å². The third kappa shape index (κ3) is 5.82. The molecule has 0 amide bonds. The van der Waals surface area contributed by atoms with Crippen LogP contribution in [-0.4, -0.2) is 39.3 Å². The summed E-state index contributed by atoms with van der Waals surface area (Å²) in [5, 5.41) is 37.4. The number of aliphatic carboxylic acids is 1. The average Bonchev–Trinajstić information content (AvgIpc) is 2.78. The summed E-state index contributed by atoms with van der Waals surface area (Å²) >= 11 is 0. The van der Waals surface area contributed by atoms with Crippen LogP contribution in [0.15, 0.2) is 66.7 Å². The lowest BCUT2D eigenvalue weighted by molar-refractivity contribution is -0.131. The van der Waals surface area contributed by atoms with E-state index in [0.717, 1.165) is 17.7 Å². The monoisotopic (exact) mass is 450 g/mol. The Morgan fingerprint density at radius 2 is 1.76 bits per heavy atom. The van der Waals surface area contributed by atoms with Crippen molar-refractivity contribution >= 4 is 17.8 Å². The topological polar surface area (TPSA) is 134 Å². The molecule has 0 unspecified atom stereocenters. The van der Waals surface area contributed by atoms with Crippen LogP contribution in [0.3, 0.4) is 0 Å². The Labute approximate surface area is 189 Å². The van der Waals surface area contributed by atoms with Crippen LogP contribution >= 0.6 is 0 Å². The van der Waals surface area contributed by atoms with Gasteiger partial charge in [-0.15, -0.1) is 0 Å². The Morgan fingerprint density at radius 3 is 2.39 bits per heavy atom. The largest absolute Gasteiger partial charge is 0.508 e. The minimum Gasteiger partial charge on any atom is -0.508 e. The number of methoxy groups -OCH3 is 1. The molecule has 3 aromatic carbocycles. The molecule has 0 aliphatic carbocycles. The molecule has 0 saturated heterocycles. The lowest BCUT2D eigenvalue weighted by Crippen LogP contribution is -2.20. The summed E-state index contributed by atoms with van der Waals surface area (Å²) in [4.78, 5) is 22.3. The first kappa shape index (κ1) is 23.2. The van der Waals surface area contributed by atoms with Gasteiger partial charge in [0.1, 0.15) is 28.9 Å². The number of aromatic hydroxyl groups is 3. The molecule has 33 heavy (non-hydrogen) atoms. The van der Waals surface area contributed by atoms with Crippen molar-refractivity contribution in [3.05, 3.63) is 83.4 Å². The summed E-state index contributed by atoms with van der Waals surface area (Å²) in [6.07, 6.45) is 2.09. The van der Waals surface area contributed by atoms with E-state index >= 15 is 0 Å². The molecule has 0 radical (unpaired) electrons. The molecule has 8 heteroatoms. The van der Waals surface area contributed by atoms with Gasteiger partial charge in [-0.25, -0.2) is 4.79 Å². The van der Waals surface area contributed by atoms with E-state index in [9.17, 15) is 24.9 Å². The Hall–Kier alpha value is -4.46. The molecule has 0 saturated carbocycles. The zero-order chi connectivity index (χ0) is 24.0. The summed E-state index contributed by atoms with van der Waals surface area (Å²) in [7, 11) is 1.44. The van der Waals surface area contributed by atoms with Crippen molar-refractivity contribution in [3.63, 3.8) is 0 Å². The van der Waals surface area contributed by atoms with Crippen molar-refractivity contribution in [1.82, 2.24) is 0 Å². The number of ether oxygens (including phenoxy) is 2. The lowest BCUT2D eigenvalue weighted by Gasteiger charge is -2.26. The fraction of sp³-hybridized carbons (Fsp3) is 0.120. The van der Waals surface area contributed by atoms with Crippen LogP contribution in [-0.2, 0) is 4.79 Å². The molecule has 0 aromatic heterocycles. The summed E-state index contributed by atoms with van der Waals surface area (Å²) in [6.45, 7) is 0. The average molecular weight is 450 g/mol. The molecule has 1 atom stereocenters. The predicted molar refractivity (Wildman–Crippen MR) is 120 cm³/mol. The number of carbonyl (C=O) groups is 2. The molecule has 8 nitrogen and oxygen atoms in total. The molecule has 1 aliphatic rings. The third-order valence-corrected chi connectivity index (χ3v) is 4.78. The molecule has 170 valence electrons. The molecule has 0 bridgehead atoms. The maximum Gasteiger partial charge on any atom is 0.328 e. The number of hydrogen-bond donors (Lipinski definition) is 4. The number of fused-ring (bicyclic) bond motifs is 1. The lowest BCUT2D eigenvalue weighted by atomic mass is 9.95. The quantitative estimate of drug-likeness (QED) is 0.432. The maximum atomic E-state index is 12.2. The minimum atomic E-state index is -0.922. The fourth-order valence-corrected chi connectivity index (χ4v) is 3.25. The number of hydrogen-bond acceptors (Lipinski definition) is 7. The number of carboxylic acid groups (broad SMARTS) is 1. The van der Waals surface area contributed by atoms with Crippen LogP contribution in [0, 0.1) is 0 Å². The molecule has 4 rings (SSSR count). The standard InChI is InChI=1S/C16H14O6.C9H8O2/c1-21-13-3-2-8(4-10(13)18)14-7-12(20)16-11(19)5-9(17)6-15(16)22-14;10-9(11)7-6-8-4-2-1-3-5-8/h2-6,14,17-19H,7H2,1H3;1-7H,(H,10,11)/t14-;/m0./s1. The number of benzene rings is 3. The van der Waals surface area contributed by atoms with Gasteiger partial charge in [0, 0.05) is 18.2 Å². The van der Waals surface area contributed by atoms with Gasteiger partial charge in [0.25, 0.3) is 0 Å². The second kappa shape index (κ2) is 10.2. The van der Waals surface area contributed by atoms with Gasteiger partial charge in [0.05, 0.1) is 13.5 Å². The van der Waals surface area contributed by atoms with E-state index in [1.54, 1.807) is 18.2 Å². The first-order valence-corrected chi connectivity index (χ1v) is 9.87. The highest BCUT2D eigenvalue weighted by Crippen LogP contribution is 2.42. The molecular weight excluding hydrogens is 428 g/mol. The molecule has 1 aliphatic heterocycles. The van der Waals surface area contributed by atoms with Gasteiger partial charge in [-0.05, 0) is 29.3 Å². The number of phenols is 3. The molecule has 0 spiro atoms. The summed E-state index contributed by atoms with van der Waals surface area (Å²) in [5.74, 6) is -1.33. The van der Waals surface area contributed by atoms with Crippen molar-refractivity contribution in [2.75, 3.05) is 7.11 Å². The first-order valence-electron chi connectivity index (χ1n) is 9.87. The van der Waals surface area contributed by atoms with Crippen LogP contribution in [0.4, 0.5) is 0 Å². The molecule has 0 fully saturated rings. The van der Waals surface area contributed by atoms with Crippen LogP contribution in [0.5, 0.6) is 28.7 Å². The molecular formula is C25H22O8. The van der Waals surface area contributed by atoms with Crippen LogP contribution in [0.25, 0.3) is 6.08 Å². The molecule has 3 aromatic rings. The highest BCUT2D eigenvalue weighted by atomic mass is 16.5. The maximum absolute atomic E-state index is 12.2. The van der Waals surface area contributed by atoms with E-state index in [0.29, 0.717) is 11.3 Å². The Bertz CT molecular complexity index is 1180. The van der Waals surface area contributed by atoms with E-state index in [4.69, 9.17) is 14.6 Å². The van der Waals surface area contributed by atoms with Crippen LogP contribution in [0.1, 0.15) is 34.0 Å². The SMILES string of the molecule is COc1ccc([C@@H]2CC(=O)c3c(O)cc(O)cc3O2)cc1O.O=C(O)C=Cc1ccccc1. The number of rotatable bonds is 4. The molecule has 1 heterocycles. The van der Waals surface area contributed by atoms with E-state index in [-0.39, 0.29) is 40.8 Å². The van der Waals surface area contributed by atoms with Crippen molar-refractivity contribution < 1.29 is 39.5 Å². The number of Topliss-reactive ketones (excluding diaryl/α,β-unsaturated/α-hetero) is 1. The third-order valence-electron chi connectivity index (χ3n) is 4.78. The Morgan fingerprint density at radius 1 is 1.03 bits per heavy atom. The van der Waals surface area contributed by atoms with Gasteiger partial charge >= 0.3 is 5.97 Å². The zero-order valence-electron chi connectivity index (χ0n) is 17.6. The minimum absolute atomic E-state index is 0.0249. The van der Waals surface area contributed by atoms with Gasteiger partial charge in [-0.2, -0.15) is 0 Å². The number of carboxylic acids is 1. The number of phenolic OH excluding ortho intramolecular Hbond substituents is 3. The second-order valence-electron chi connectivity index (χ2n) is 7.09. The smallest absolute Gasteiger partial charge is 0.328 e. The molecule has 4 N–H and O–H groups in total. The number of carbonyl (C=O) groups excluding carboxylic acids is 1. The number of ketones is 1. The van der Waals surface area contributed by atoms with Crippen LogP contribution < -0.4 is 9.47 Å².